The van der Waals surface area contributed by atoms with Crippen LogP contribution >= 0.6 is 11.3 Å². The Balaban J connectivity index is 1.18. The van der Waals surface area contributed by atoms with E-state index in [-0.39, 0.29) is 5.56 Å². The van der Waals surface area contributed by atoms with Gasteiger partial charge in [-0.1, -0.05) is 25.7 Å². The molecular weight excluding hydrogens is 396 g/mol. The summed E-state index contributed by atoms with van der Waals surface area (Å²) in [7, 11) is 0. The standard InChI is InChI=1S/C23H32N4O2S/c28-20(10-9-16-5-1-2-6-16)27-13-11-26(12-14-27)15-19-24-22(29)21-17-7-3-4-8-18(17)30-23(21)25-19/h16H,1-15H2,(H,24,25,29). The molecule has 1 aliphatic heterocycles. The average molecular weight is 429 g/mol. The van der Waals surface area contributed by atoms with Crippen LogP contribution in [0.4, 0.5) is 0 Å². The highest BCUT2D eigenvalue weighted by atomic mass is 32.1. The minimum absolute atomic E-state index is 0.0233. The molecule has 6 nitrogen and oxygen atoms in total. The van der Waals surface area contributed by atoms with Crippen molar-refractivity contribution < 1.29 is 4.79 Å². The summed E-state index contributed by atoms with van der Waals surface area (Å²) < 4.78 is 0. The van der Waals surface area contributed by atoms with Gasteiger partial charge in [0.2, 0.25) is 5.91 Å². The summed E-state index contributed by atoms with van der Waals surface area (Å²) >= 11 is 1.71. The predicted molar refractivity (Wildman–Crippen MR) is 120 cm³/mol. The molecule has 0 unspecified atom stereocenters. The van der Waals surface area contributed by atoms with E-state index in [9.17, 15) is 9.59 Å². The van der Waals surface area contributed by atoms with Crippen LogP contribution in [0.3, 0.4) is 0 Å². The summed E-state index contributed by atoms with van der Waals surface area (Å²) in [6, 6.07) is 0. The van der Waals surface area contributed by atoms with Crippen molar-refractivity contribution in [2.75, 3.05) is 26.2 Å². The summed E-state index contributed by atoms with van der Waals surface area (Å²) in [5.41, 5.74) is 1.27. The molecule has 2 aliphatic carbocycles. The van der Waals surface area contributed by atoms with Crippen LogP contribution in [0.5, 0.6) is 0 Å². The van der Waals surface area contributed by atoms with Crippen molar-refractivity contribution in [3.63, 3.8) is 0 Å². The molecular formula is C23H32N4O2S. The van der Waals surface area contributed by atoms with Crippen LogP contribution in [0.15, 0.2) is 4.79 Å². The fourth-order valence-electron chi connectivity index (χ4n) is 5.44. The molecule has 2 fully saturated rings. The number of piperazine rings is 1. The van der Waals surface area contributed by atoms with Gasteiger partial charge in [0.1, 0.15) is 10.7 Å². The van der Waals surface area contributed by atoms with E-state index in [2.05, 4.69) is 9.88 Å². The molecule has 162 valence electrons. The summed E-state index contributed by atoms with van der Waals surface area (Å²) in [5.74, 6) is 1.85. The van der Waals surface area contributed by atoms with Gasteiger partial charge in [-0.2, -0.15) is 0 Å². The van der Waals surface area contributed by atoms with E-state index in [1.807, 2.05) is 4.90 Å². The average Bonchev–Trinajstić information content (AvgIpc) is 3.40. The molecule has 7 heteroatoms. The second-order valence-corrected chi connectivity index (χ2v) is 10.3. The van der Waals surface area contributed by atoms with Gasteiger partial charge >= 0.3 is 0 Å². The van der Waals surface area contributed by atoms with E-state index in [1.54, 1.807) is 11.3 Å². The number of hydrogen-bond acceptors (Lipinski definition) is 5. The van der Waals surface area contributed by atoms with Crippen LogP contribution in [0, 0.1) is 5.92 Å². The lowest BCUT2D eigenvalue weighted by Gasteiger charge is -2.34. The number of H-pyrrole nitrogens is 1. The Morgan fingerprint density at radius 3 is 2.63 bits per heavy atom. The molecule has 1 saturated heterocycles. The zero-order valence-corrected chi connectivity index (χ0v) is 18.6. The predicted octanol–water partition coefficient (Wildman–Crippen LogP) is 3.48. The minimum Gasteiger partial charge on any atom is -0.340 e. The maximum atomic E-state index is 12.7. The summed E-state index contributed by atoms with van der Waals surface area (Å²) in [4.78, 5) is 39.7. The molecule has 1 N–H and O–H groups in total. The van der Waals surface area contributed by atoms with Crippen LogP contribution in [-0.4, -0.2) is 51.9 Å². The highest BCUT2D eigenvalue weighted by Gasteiger charge is 2.24. The Hall–Kier alpha value is -1.73. The van der Waals surface area contributed by atoms with E-state index in [0.717, 1.165) is 67.4 Å². The molecule has 0 radical (unpaired) electrons. The third-order valence-electron chi connectivity index (χ3n) is 7.21. The highest BCUT2D eigenvalue weighted by Crippen LogP contribution is 2.33. The molecule has 2 aromatic rings. The molecule has 3 aliphatic rings. The Morgan fingerprint density at radius 2 is 1.83 bits per heavy atom. The maximum absolute atomic E-state index is 12.7. The van der Waals surface area contributed by atoms with Gasteiger partial charge in [-0.05, 0) is 43.6 Å². The van der Waals surface area contributed by atoms with Gasteiger partial charge in [0.25, 0.3) is 5.56 Å². The second-order valence-electron chi connectivity index (χ2n) is 9.25. The first-order chi connectivity index (χ1) is 14.7. The van der Waals surface area contributed by atoms with E-state index in [4.69, 9.17) is 4.98 Å². The van der Waals surface area contributed by atoms with Gasteiger partial charge in [0, 0.05) is 37.5 Å². The van der Waals surface area contributed by atoms with Crippen LogP contribution in [0.25, 0.3) is 10.2 Å². The fraction of sp³-hybridized carbons (Fsp3) is 0.696. The first-order valence-electron chi connectivity index (χ1n) is 11.7. The molecule has 0 bridgehead atoms. The number of aromatic nitrogens is 2. The van der Waals surface area contributed by atoms with Crippen molar-refractivity contribution in [2.24, 2.45) is 5.92 Å². The minimum atomic E-state index is 0.0233. The van der Waals surface area contributed by atoms with Crippen LogP contribution in [0.2, 0.25) is 0 Å². The van der Waals surface area contributed by atoms with Crippen molar-refractivity contribution >= 4 is 27.5 Å². The largest absolute Gasteiger partial charge is 0.340 e. The fourth-order valence-corrected chi connectivity index (χ4v) is 6.72. The summed E-state index contributed by atoms with van der Waals surface area (Å²) in [6.45, 7) is 3.90. The Bertz CT molecular complexity index is 967. The highest BCUT2D eigenvalue weighted by molar-refractivity contribution is 7.18. The summed E-state index contributed by atoms with van der Waals surface area (Å²) in [5, 5.41) is 0.830. The van der Waals surface area contributed by atoms with Crippen LogP contribution < -0.4 is 5.56 Å². The Kier molecular flexibility index (Phi) is 5.92. The number of rotatable bonds is 5. The van der Waals surface area contributed by atoms with E-state index in [1.165, 1.54) is 49.0 Å². The molecule has 0 aromatic carbocycles. The number of hydrogen-bond donors (Lipinski definition) is 1. The van der Waals surface area contributed by atoms with Crippen LogP contribution in [-0.2, 0) is 24.2 Å². The number of nitrogens with zero attached hydrogens (tertiary/aromatic N) is 3. The molecule has 1 amide bonds. The zero-order chi connectivity index (χ0) is 20.5. The lowest BCUT2D eigenvalue weighted by atomic mass is 9.97. The lowest BCUT2D eigenvalue weighted by molar-refractivity contribution is -0.133. The topological polar surface area (TPSA) is 69.3 Å². The number of aryl methyl sites for hydroxylation is 2. The quantitative estimate of drug-likeness (QED) is 0.792. The van der Waals surface area contributed by atoms with Crippen molar-refractivity contribution in [3.05, 3.63) is 26.6 Å². The number of carbonyl (C=O) groups excluding carboxylic acids is 1. The number of thiophene rings is 1. The number of carbonyl (C=O) groups is 1. The van der Waals surface area contributed by atoms with E-state index in [0.29, 0.717) is 18.9 Å². The third-order valence-corrected chi connectivity index (χ3v) is 8.40. The SMILES string of the molecule is O=C(CCC1CCCC1)N1CCN(Cc2nc3sc4c(c3c(=O)[nH]2)CCCC4)CC1. The Labute approximate surface area is 181 Å². The molecule has 0 spiro atoms. The molecule has 1 saturated carbocycles. The van der Waals surface area contributed by atoms with Gasteiger partial charge in [0.15, 0.2) is 0 Å². The first kappa shape index (κ1) is 20.2. The van der Waals surface area contributed by atoms with E-state index < -0.39 is 0 Å². The number of aromatic amines is 1. The van der Waals surface area contributed by atoms with Gasteiger partial charge < -0.3 is 9.88 Å². The van der Waals surface area contributed by atoms with Gasteiger partial charge in [-0.3, -0.25) is 14.5 Å². The first-order valence-corrected chi connectivity index (χ1v) is 12.5. The van der Waals surface area contributed by atoms with Crippen molar-refractivity contribution in [1.82, 2.24) is 19.8 Å². The zero-order valence-electron chi connectivity index (χ0n) is 17.8. The third kappa shape index (κ3) is 4.19. The number of nitrogens with one attached hydrogen (secondary N) is 1. The maximum Gasteiger partial charge on any atom is 0.259 e. The monoisotopic (exact) mass is 428 g/mol. The van der Waals surface area contributed by atoms with E-state index >= 15 is 0 Å². The molecule has 30 heavy (non-hydrogen) atoms. The van der Waals surface area contributed by atoms with Gasteiger partial charge in [0.05, 0.1) is 11.9 Å². The smallest absolute Gasteiger partial charge is 0.259 e. The molecule has 2 aromatic heterocycles. The lowest BCUT2D eigenvalue weighted by Crippen LogP contribution is -2.48. The van der Waals surface area contributed by atoms with Crippen molar-refractivity contribution in [2.45, 2.75) is 70.8 Å². The number of fused-ring (bicyclic) bond motifs is 3. The van der Waals surface area contributed by atoms with Gasteiger partial charge in [-0.25, -0.2) is 4.98 Å². The second kappa shape index (κ2) is 8.79. The van der Waals surface area contributed by atoms with Gasteiger partial charge in [-0.15, -0.1) is 11.3 Å². The number of amides is 1. The Morgan fingerprint density at radius 1 is 1.07 bits per heavy atom. The molecule has 3 heterocycles. The molecule has 5 rings (SSSR count). The normalized spacial score (nSPS) is 20.7. The van der Waals surface area contributed by atoms with Crippen LogP contribution in [0.1, 0.15) is 67.6 Å². The van der Waals surface area contributed by atoms with Crippen molar-refractivity contribution in [1.29, 1.82) is 0 Å². The van der Waals surface area contributed by atoms with Crippen molar-refractivity contribution in [3.8, 4) is 0 Å². The molecule has 0 atom stereocenters. The summed E-state index contributed by atoms with van der Waals surface area (Å²) in [6.07, 6.45) is 11.6.